The van der Waals surface area contributed by atoms with Crippen molar-refractivity contribution in [3.8, 4) is 17.1 Å². The fourth-order valence-electron chi connectivity index (χ4n) is 5.51. The van der Waals surface area contributed by atoms with Crippen LogP contribution in [0.5, 0.6) is 0 Å². The van der Waals surface area contributed by atoms with E-state index >= 15 is 0 Å². The van der Waals surface area contributed by atoms with Crippen molar-refractivity contribution in [2.75, 3.05) is 44.3 Å². The summed E-state index contributed by atoms with van der Waals surface area (Å²) in [6.45, 7) is 9.70. The van der Waals surface area contributed by atoms with E-state index in [1.54, 1.807) is 6.92 Å². The van der Waals surface area contributed by atoms with E-state index in [4.69, 9.17) is 14.8 Å². The molecule has 8 nitrogen and oxygen atoms in total. The molecular weight excluding hydrogens is 496 g/mol. The molecule has 1 aromatic carbocycles. The summed E-state index contributed by atoms with van der Waals surface area (Å²) in [6.07, 6.45) is 4.14. The molecular formula is C29H34N6O2S. The second-order valence-electron chi connectivity index (χ2n) is 10.3. The molecule has 5 heterocycles. The second-order valence-corrected chi connectivity index (χ2v) is 11.5. The van der Waals surface area contributed by atoms with E-state index in [0.29, 0.717) is 0 Å². The fourth-order valence-corrected chi connectivity index (χ4v) is 6.69. The van der Waals surface area contributed by atoms with Crippen molar-refractivity contribution in [3.05, 3.63) is 59.1 Å². The summed E-state index contributed by atoms with van der Waals surface area (Å²) in [5.41, 5.74) is 5.47. The standard InChI is InChI=1S/C29H34N6O2S/c1-20-5-3-6-22(15-20)25-8-10-35(32-25)28-17-27(34-11-13-37-14-12-34)29-26(31-28)16-24(38-29)19-33-9-4-7-23(18-33)30-21(2)36/h3,5-6,8,10,15-17,23H,4,7,9,11-14,18-19H2,1-2H3,(H,30,36). The predicted octanol–water partition coefficient (Wildman–Crippen LogP) is 4.39. The lowest BCUT2D eigenvalue weighted by atomic mass is 10.1. The average molecular weight is 531 g/mol. The molecule has 198 valence electrons. The number of amides is 1. The van der Waals surface area contributed by atoms with Gasteiger partial charge in [0.05, 0.1) is 34.8 Å². The quantitative estimate of drug-likeness (QED) is 0.399. The van der Waals surface area contributed by atoms with Crippen LogP contribution in [-0.4, -0.2) is 71.0 Å². The van der Waals surface area contributed by atoms with Crippen molar-refractivity contribution in [1.82, 2.24) is 25.0 Å². The summed E-state index contributed by atoms with van der Waals surface area (Å²) in [5, 5.41) is 7.99. The summed E-state index contributed by atoms with van der Waals surface area (Å²) in [7, 11) is 0. The number of hydrogen-bond donors (Lipinski definition) is 1. The van der Waals surface area contributed by atoms with Crippen LogP contribution in [0.2, 0.25) is 0 Å². The van der Waals surface area contributed by atoms with Gasteiger partial charge in [0.2, 0.25) is 5.91 Å². The number of nitrogens with zero attached hydrogens (tertiary/aromatic N) is 5. The number of nitrogens with one attached hydrogen (secondary N) is 1. The summed E-state index contributed by atoms with van der Waals surface area (Å²) >= 11 is 1.83. The van der Waals surface area contributed by atoms with Gasteiger partial charge in [0, 0.05) is 61.8 Å². The molecule has 2 saturated heterocycles. The van der Waals surface area contributed by atoms with Crippen molar-refractivity contribution >= 4 is 33.1 Å². The Morgan fingerprint density at radius 1 is 1.16 bits per heavy atom. The van der Waals surface area contributed by atoms with Gasteiger partial charge in [-0.05, 0) is 44.5 Å². The zero-order valence-electron chi connectivity index (χ0n) is 22.0. The number of aromatic nitrogens is 3. The molecule has 1 N–H and O–H groups in total. The normalized spacial score (nSPS) is 18.7. The van der Waals surface area contributed by atoms with E-state index in [0.717, 1.165) is 81.4 Å². The van der Waals surface area contributed by atoms with Gasteiger partial charge >= 0.3 is 0 Å². The number of rotatable bonds is 6. The highest BCUT2D eigenvalue weighted by Gasteiger charge is 2.23. The Balaban J connectivity index is 1.32. The highest BCUT2D eigenvalue weighted by atomic mass is 32.1. The van der Waals surface area contributed by atoms with Crippen LogP contribution in [-0.2, 0) is 16.1 Å². The van der Waals surface area contributed by atoms with E-state index in [-0.39, 0.29) is 11.9 Å². The number of carbonyl (C=O) groups is 1. The Morgan fingerprint density at radius 3 is 2.84 bits per heavy atom. The summed E-state index contributed by atoms with van der Waals surface area (Å²) < 4.78 is 8.75. The van der Waals surface area contributed by atoms with E-state index in [2.05, 4.69) is 64.5 Å². The third-order valence-corrected chi connectivity index (χ3v) is 8.41. The van der Waals surface area contributed by atoms with Crippen molar-refractivity contribution in [2.24, 2.45) is 0 Å². The maximum atomic E-state index is 11.6. The first kappa shape index (κ1) is 25.0. The molecule has 0 bridgehead atoms. The molecule has 1 unspecified atom stereocenters. The minimum atomic E-state index is 0.0507. The number of hydrogen-bond acceptors (Lipinski definition) is 7. The first-order valence-corrected chi connectivity index (χ1v) is 14.2. The summed E-state index contributed by atoms with van der Waals surface area (Å²) in [5.74, 6) is 0.876. The largest absolute Gasteiger partial charge is 0.378 e. The highest BCUT2D eigenvalue weighted by Crippen LogP contribution is 2.36. The molecule has 4 aromatic rings. The van der Waals surface area contributed by atoms with Crippen LogP contribution in [0.25, 0.3) is 27.3 Å². The van der Waals surface area contributed by atoms with Crippen LogP contribution < -0.4 is 10.2 Å². The van der Waals surface area contributed by atoms with Crippen molar-refractivity contribution in [1.29, 1.82) is 0 Å². The molecule has 1 amide bonds. The molecule has 0 radical (unpaired) electrons. The van der Waals surface area contributed by atoms with E-state index in [1.165, 1.54) is 20.8 Å². The number of thiophene rings is 1. The Bertz CT molecular complexity index is 1440. The number of ether oxygens (including phenoxy) is 1. The first-order valence-electron chi connectivity index (χ1n) is 13.4. The zero-order valence-corrected chi connectivity index (χ0v) is 22.8. The fraction of sp³-hybridized carbons (Fsp3) is 0.414. The lowest BCUT2D eigenvalue weighted by molar-refractivity contribution is -0.120. The van der Waals surface area contributed by atoms with Crippen LogP contribution in [0.1, 0.15) is 30.2 Å². The molecule has 38 heavy (non-hydrogen) atoms. The second kappa shape index (κ2) is 10.8. The molecule has 1 atom stereocenters. The van der Waals surface area contributed by atoms with Crippen LogP contribution >= 0.6 is 11.3 Å². The Hall–Kier alpha value is -3.27. The monoisotopic (exact) mass is 530 g/mol. The van der Waals surface area contributed by atoms with Crippen LogP contribution in [0.15, 0.2) is 48.7 Å². The average Bonchev–Trinajstić information content (AvgIpc) is 3.56. The zero-order chi connectivity index (χ0) is 26.1. The molecule has 0 saturated carbocycles. The number of carbonyl (C=O) groups excluding carboxylic acids is 1. The molecule has 6 rings (SSSR count). The van der Waals surface area contributed by atoms with Gasteiger partial charge in [-0.3, -0.25) is 9.69 Å². The minimum absolute atomic E-state index is 0.0507. The van der Waals surface area contributed by atoms with E-state index < -0.39 is 0 Å². The third kappa shape index (κ3) is 5.45. The molecule has 2 fully saturated rings. The Labute approximate surface area is 227 Å². The number of likely N-dealkylation sites (tertiary alicyclic amines) is 1. The number of benzene rings is 1. The smallest absolute Gasteiger partial charge is 0.217 e. The van der Waals surface area contributed by atoms with Gasteiger partial charge in [-0.2, -0.15) is 5.10 Å². The van der Waals surface area contributed by atoms with Crippen molar-refractivity contribution < 1.29 is 9.53 Å². The minimum Gasteiger partial charge on any atom is -0.378 e. The maximum absolute atomic E-state index is 11.6. The highest BCUT2D eigenvalue weighted by molar-refractivity contribution is 7.19. The van der Waals surface area contributed by atoms with Crippen LogP contribution in [0.3, 0.4) is 0 Å². The number of aryl methyl sites for hydroxylation is 1. The SMILES string of the molecule is CC(=O)NC1CCCN(Cc2cc3nc(-n4ccc(-c5cccc(C)c5)n4)cc(N4CCOCC4)c3s2)C1. The van der Waals surface area contributed by atoms with Crippen molar-refractivity contribution in [2.45, 2.75) is 39.3 Å². The topological polar surface area (TPSA) is 75.5 Å². The van der Waals surface area contributed by atoms with E-state index in [9.17, 15) is 4.79 Å². The molecule has 3 aromatic heterocycles. The molecule has 0 spiro atoms. The third-order valence-electron chi connectivity index (χ3n) is 7.28. The molecule has 2 aliphatic rings. The van der Waals surface area contributed by atoms with Gasteiger partial charge in [-0.1, -0.05) is 23.8 Å². The van der Waals surface area contributed by atoms with Crippen molar-refractivity contribution in [3.63, 3.8) is 0 Å². The maximum Gasteiger partial charge on any atom is 0.217 e. The first-order chi connectivity index (χ1) is 18.5. The number of pyridine rings is 1. The van der Waals surface area contributed by atoms with Crippen LogP contribution in [0.4, 0.5) is 5.69 Å². The molecule has 0 aliphatic carbocycles. The number of fused-ring (bicyclic) bond motifs is 1. The number of piperidine rings is 1. The van der Waals surface area contributed by atoms with Gasteiger partial charge in [-0.25, -0.2) is 9.67 Å². The molecule has 9 heteroatoms. The Morgan fingerprint density at radius 2 is 2.03 bits per heavy atom. The van der Waals surface area contributed by atoms with Gasteiger partial charge in [0.25, 0.3) is 0 Å². The predicted molar refractivity (Wildman–Crippen MR) is 152 cm³/mol. The lowest BCUT2D eigenvalue weighted by Gasteiger charge is -2.32. The van der Waals surface area contributed by atoms with Gasteiger partial charge in [-0.15, -0.1) is 11.3 Å². The van der Waals surface area contributed by atoms with Crippen LogP contribution in [0, 0.1) is 6.92 Å². The number of morpholine rings is 1. The molecule has 2 aliphatic heterocycles. The number of anilines is 1. The van der Waals surface area contributed by atoms with Gasteiger partial charge in [0.1, 0.15) is 0 Å². The van der Waals surface area contributed by atoms with Gasteiger partial charge < -0.3 is 15.0 Å². The summed E-state index contributed by atoms with van der Waals surface area (Å²) in [4.78, 5) is 22.8. The lowest BCUT2D eigenvalue weighted by Crippen LogP contribution is -2.46. The van der Waals surface area contributed by atoms with E-state index in [1.807, 2.05) is 22.2 Å². The summed E-state index contributed by atoms with van der Waals surface area (Å²) in [6, 6.07) is 15.1. The Kier molecular flexibility index (Phi) is 7.14. The van der Waals surface area contributed by atoms with Gasteiger partial charge in [0.15, 0.2) is 5.82 Å².